The summed E-state index contributed by atoms with van der Waals surface area (Å²) in [5.74, 6) is 0. The molecule has 1 saturated carbocycles. The first-order valence-corrected chi connectivity index (χ1v) is 8.56. The molecule has 5 heteroatoms. The molecule has 1 aromatic rings. The van der Waals surface area contributed by atoms with Crippen LogP contribution in [0.3, 0.4) is 0 Å². The lowest BCUT2D eigenvalue weighted by Gasteiger charge is -2.43. The molecule has 0 spiro atoms. The molecule has 0 aliphatic heterocycles. The van der Waals surface area contributed by atoms with E-state index in [0.29, 0.717) is 5.41 Å². The van der Waals surface area contributed by atoms with Crippen molar-refractivity contribution in [3.05, 3.63) is 17.5 Å². The molecule has 0 unspecified atom stereocenters. The number of nitrogens with zero attached hydrogens (tertiary/aromatic N) is 2. The largest absolute Gasteiger partial charge is 0.286 e. The van der Waals surface area contributed by atoms with Crippen molar-refractivity contribution in [1.29, 1.82) is 0 Å². The van der Waals surface area contributed by atoms with E-state index in [0.717, 1.165) is 6.54 Å². The van der Waals surface area contributed by atoms with Crippen molar-refractivity contribution in [2.45, 2.75) is 39.0 Å². The molecule has 0 bridgehead atoms. The van der Waals surface area contributed by atoms with E-state index in [1.165, 1.54) is 49.3 Å². The fourth-order valence-corrected chi connectivity index (χ4v) is 4.01. The highest BCUT2D eigenvalue weighted by Crippen LogP contribution is 2.45. The predicted molar refractivity (Wildman–Crippen MR) is 85.2 cm³/mol. The molecule has 0 saturated heterocycles. The van der Waals surface area contributed by atoms with Crippen molar-refractivity contribution < 1.29 is 4.28 Å². The van der Waals surface area contributed by atoms with Gasteiger partial charge in [-0.25, -0.2) is 4.28 Å². The minimum absolute atomic E-state index is 0.519. The monoisotopic (exact) mass is 300 g/mol. The number of thiophene rings is 1. The molecule has 108 valence electrons. The third-order valence-corrected chi connectivity index (χ3v) is 5.64. The molecule has 1 aromatic heterocycles. The highest BCUT2D eigenvalue weighted by molar-refractivity contribution is 7.96. The van der Waals surface area contributed by atoms with Gasteiger partial charge in [0.1, 0.15) is 17.2 Å². The van der Waals surface area contributed by atoms with Crippen LogP contribution >= 0.6 is 23.6 Å². The zero-order valence-corrected chi connectivity index (χ0v) is 13.7. The highest BCUT2D eigenvalue weighted by Gasteiger charge is 2.37. The summed E-state index contributed by atoms with van der Waals surface area (Å²) in [5, 5.41) is 5.30. The van der Waals surface area contributed by atoms with Crippen LogP contribution in [0.5, 0.6) is 0 Å². The fraction of sp³-hybridized carbons (Fsp3) is 0.714. The van der Waals surface area contributed by atoms with E-state index in [1.807, 2.05) is 19.2 Å². The molecule has 19 heavy (non-hydrogen) atoms. The maximum Gasteiger partial charge on any atom is 0.136 e. The number of anilines is 1. The molecule has 1 fully saturated rings. The average molecular weight is 300 g/mol. The zero-order valence-electron chi connectivity index (χ0n) is 12.1. The van der Waals surface area contributed by atoms with E-state index in [4.69, 9.17) is 4.28 Å². The molecule has 0 N–H and O–H groups in total. The molecule has 2 rings (SSSR count). The first-order chi connectivity index (χ1) is 9.15. The van der Waals surface area contributed by atoms with Gasteiger partial charge in [0, 0.05) is 20.6 Å². The summed E-state index contributed by atoms with van der Waals surface area (Å²) in [6.07, 6.45) is 6.71. The fourth-order valence-electron chi connectivity index (χ4n) is 2.79. The average Bonchev–Trinajstić information content (AvgIpc) is 2.87. The van der Waals surface area contributed by atoms with Crippen molar-refractivity contribution in [3.8, 4) is 0 Å². The Morgan fingerprint density at radius 2 is 2.21 bits per heavy atom. The van der Waals surface area contributed by atoms with Crippen LogP contribution in [0.2, 0.25) is 0 Å². The quantitative estimate of drug-likeness (QED) is 0.396. The van der Waals surface area contributed by atoms with Gasteiger partial charge in [-0.05, 0) is 42.2 Å². The van der Waals surface area contributed by atoms with Gasteiger partial charge >= 0.3 is 0 Å². The first kappa shape index (κ1) is 15.2. The van der Waals surface area contributed by atoms with E-state index < -0.39 is 0 Å². The van der Waals surface area contributed by atoms with E-state index in [2.05, 4.69) is 28.7 Å². The molecule has 1 aliphatic rings. The van der Waals surface area contributed by atoms with Crippen LogP contribution in [0.1, 0.15) is 39.0 Å². The second-order valence-corrected chi connectivity index (χ2v) is 7.26. The predicted octanol–water partition coefficient (Wildman–Crippen LogP) is 4.58. The van der Waals surface area contributed by atoms with Gasteiger partial charge in [0.05, 0.1) is 0 Å². The Bertz CT molecular complexity index is 366. The van der Waals surface area contributed by atoms with Gasteiger partial charge in [-0.2, -0.15) is 5.06 Å². The maximum atomic E-state index is 5.79. The SMILES string of the molecule is CCCC1(CN(C)OSN(C)c2cccs2)CCC1. The Balaban J connectivity index is 1.73. The lowest BCUT2D eigenvalue weighted by atomic mass is 9.66. The third kappa shape index (κ3) is 4.12. The van der Waals surface area contributed by atoms with Crippen LogP contribution in [0.4, 0.5) is 5.00 Å². The Hall–Kier alpha value is -0.230. The van der Waals surface area contributed by atoms with Crippen LogP contribution < -0.4 is 4.31 Å². The van der Waals surface area contributed by atoms with Crippen molar-refractivity contribution in [3.63, 3.8) is 0 Å². The first-order valence-electron chi connectivity index (χ1n) is 6.98. The van der Waals surface area contributed by atoms with Crippen LogP contribution in [0.15, 0.2) is 17.5 Å². The van der Waals surface area contributed by atoms with E-state index in [9.17, 15) is 0 Å². The summed E-state index contributed by atoms with van der Waals surface area (Å²) in [7, 11) is 4.08. The standard InChI is InChI=1S/C14H24N2OS2/c1-4-8-14(9-6-10-14)12-15(2)17-19-16(3)13-7-5-11-18-13/h5,7,11H,4,6,8-10,12H2,1-3H3. The second kappa shape index (κ2) is 6.97. The van der Waals surface area contributed by atoms with Gasteiger partial charge in [0.15, 0.2) is 0 Å². The van der Waals surface area contributed by atoms with Gasteiger partial charge in [-0.1, -0.05) is 19.8 Å². The molecular formula is C14H24N2OS2. The normalized spacial score (nSPS) is 17.5. The molecule has 3 nitrogen and oxygen atoms in total. The van der Waals surface area contributed by atoms with Gasteiger partial charge < -0.3 is 0 Å². The lowest BCUT2D eigenvalue weighted by Crippen LogP contribution is -2.40. The summed E-state index contributed by atoms with van der Waals surface area (Å²) in [4.78, 5) is 0. The van der Waals surface area contributed by atoms with Gasteiger partial charge in [0.25, 0.3) is 0 Å². The molecular weight excluding hydrogens is 276 g/mol. The maximum absolute atomic E-state index is 5.79. The Labute approximate surface area is 125 Å². The molecule has 0 aromatic carbocycles. The van der Waals surface area contributed by atoms with Gasteiger partial charge in [-0.3, -0.25) is 4.31 Å². The van der Waals surface area contributed by atoms with Crippen molar-refractivity contribution in [2.75, 3.05) is 24.9 Å². The Morgan fingerprint density at radius 3 is 2.74 bits per heavy atom. The van der Waals surface area contributed by atoms with Crippen LogP contribution in [-0.2, 0) is 4.28 Å². The van der Waals surface area contributed by atoms with Gasteiger partial charge in [0.2, 0.25) is 0 Å². The number of hydrogen-bond donors (Lipinski definition) is 0. The van der Waals surface area contributed by atoms with Crippen molar-refractivity contribution in [1.82, 2.24) is 5.06 Å². The third-order valence-electron chi connectivity index (χ3n) is 3.84. The molecule has 0 amide bonds. The minimum Gasteiger partial charge on any atom is -0.286 e. The minimum atomic E-state index is 0.519. The van der Waals surface area contributed by atoms with Crippen molar-refractivity contribution >= 4 is 28.6 Å². The van der Waals surface area contributed by atoms with E-state index in [-0.39, 0.29) is 0 Å². The summed E-state index contributed by atoms with van der Waals surface area (Å²) in [6.45, 7) is 3.33. The van der Waals surface area contributed by atoms with Gasteiger partial charge in [-0.15, -0.1) is 11.3 Å². The highest BCUT2D eigenvalue weighted by atomic mass is 32.2. The summed E-state index contributed by atoms with van der Waals surface area (Å²) in [5.41, 5.74) is 0.519. The molecule has 0 radical (unpaired) electrons. The summed E-state index contributed by atoms with van der Waals surface area (Å²) < 4.78 is 7.85. The Morgan fingerprint density at radius 1 is 1.42 bits per heavy atom. The lowest BCUT2D eigenvalue weighted by molar-refractivity contribution is -0.0708. The topological polar surface area (TPSA) is 15.7 Å². The molecule has 0 atom stereocenters. The van der Waals surface area contributed by atoms with Crippen LogP contribution in [-0.4, -0.2) is 25.7 Å². The summed E-state index contributed by atoms with van der Waals surface area (Å²) in [6, 6.07) is 4.16. The Kier molecular flexibility index (Phi) is 5.57. The number of hydroxylamine groups is 2. The number of hydrogen-bond acceptors (Lipinski definition) is 5. The zero-order chi connectivity index (χ0) is 13.7. The second-order valence-electron chi connectivity index (χ2n) is 5.49. The molecule has 1 aliphatic carbocycles. The van der Waals surface area contributed by atoms with Crippen LogP contribution in [0, 0.1) is 5.41 Å². The van der Waals surface area contributed by atoms with Crippen LogP contribution in [0.25, 0.3) is 0 Å². The smallest absolute Gasteiger partial charge is 0.136 e. The van der Waals surface area contributed by atoms with Crippen molar-refractivity contribution in [2.24, 2.45) is 5.41 Å². The number of rotatable bonds is 8. The van der Waals surface area contributed by atoms with E-state index >= 15 is 0 Å². The molecule has 1 heterocycles. The van der Waals surface area contributed by atoms with E-state index in [1.54, 1.807) is 11.3 Å². The summed E-state index contributed by atoms with van der Waals surface area (Å²) >= 11 is 3.13.